The standard InChI is InChI=1S/C7H9N3O2/c1-12-7(11)9-4-6-2-3-8-5-10-6/h2-3,5H,4H2,1H3,(H,9,11). The first-order valence-corrected chi connectivity index (χ1v) is 3.39. The minimum absolute atomic E-state index is 0.356. The van der Waals surface area contributed by atoms with Crippen molar-refractivity contribution in [3.8, 4) is 0 Å². The van der Waals surface area contributed by atoms with E-state index in [9.17, 15) is 4.79 Å². The van der Waals surface area contributed by atoms with Gasteiger partial charge in [-0.05, 0) is 6.07 Å². The predicted octanol–water partition coefficient (Wildman–Crippen LogP) is 0.333. The first-order valence-electron chi connectivity index (χ1n) is 3.39. The lowest BCUT2D eigenvalue weighted by Gasteiger charge is -2.01. The molecule has 0 aliphatic heterocycles. The van der Waals surface area contributed by atoms with Crippen LogP contribution in [0.5, 0.6) is 0 Å². The van der Waals surface area contributed by atoms with Gasteiger partial charge in [-0.2, -0.15) is 0 Å². The summed E-state index contributed by atoms with van der Waals surface area (Å²) in [6, 6.07) is 1.72. The fourth-order valence-electron chi connectivity index (χ4n) is 0.658. The molecule has 1 amide bonds. The Morgan fingerprint density at radius 1 is 1.75 bits per heavy atom. The van der Waals surface area contributed by atoms with E-state index in [2.05, 4.69) is 20.0 Å². The van der Waals surface area contributed by atoms with Gasteiger partial charge in [0.2, 0.25) is 0 Å². The van der Waals surface area contributed by atoms with Crippen molar-refractivity contribution in [2.75, 3.05) is 7.11 Å². The summed E-state index contributed by atoms with van der Waals surface area (Å²) in [5, 5.41) is 2.50. The number of nitrogens with zero attached hydrogens (tertiary/aromatic N) is 2. The molecule has 1 heterocycles. The van der Waals surface area contributed by atoms with Gasteiger partial charge >= 0.3 is 6.09 Å². The smallest absolute Gasteiger partial charge is 0.407 e. The van der Waals surface area contributed by atoms with Gasteiger partial charge in [0.05, 0.1) is 19.3 Å². The monoisotopic (exact) mass is 167 g/mol. The number of hydrogen-bond donors (Lipinski definition) is 1. The van der Waals surface area contributed by atoms with Crippen LogP contribution in [0.4, 0.5) is 4.79 Å². The van der Waals surface area contributed by atoms with E-state index >= 15 is 0 Å². The number of carbonyl (C=O) groups excluding carboxylic acids is 1. The summed E-state index contributed by atoms with van der Waals surface area (Å²) in [5.41, 5.74) is 0.746. The van der Waals surface area contributed by atoms with E-state index in [1.54, 1.807) is 12.3 Å². The molecule has 12 heavy (non-hydrogen) atoms. The molecule has 0 saturated carbocycles. The Hall–Kier alpha value is -1.65. The van der Waals surface area contributed by atoms with Crippen LogP contribution in [0.1, 0.15) is 5.69 Å². The van der Waals surface area contributed by atoms with Gasteiger partial charge < -0.3 is 10.1 Å². The zero-order chi connectivity index (χ0) is 8.81. The summed E-state index contributed by atoms with van der Waals surface area (Å²) in [6.07, 6.45) is 2.57. The van der Waals surface area contributed by atoms with Crippen LogP contribution in [-0.4, -0.2) is 23.2 Å². The van der Waals surface area contributed by atoms with Crippen molar-refractivity contribution in [3.63, 3.8) is 0 Å². The van der Waals surface area contributed by atoms with Crippen LogP contribution in [0.25, 0.3) is 0 Å². The average molecular weight is 167 g/mol. The highest BCUT2D eigenvalue weighted by molar-refractivity contribution is 5.66. The molecule has 0 saturated heterocycles. The Morgan fingerprint density at radius 3 is 3.17 bits per heavy atom. The number of carbonyl (C=O) groups is 1. The number of alkyl carbamates (subject to hydrolysis) is 1. The number of ether oxygens (including phenoxy) is 1. The fourth-order valence-corrected chi connectivity index (χ4v) is 0.658. The van der Waals surface area contributed by atoms with Gasteiger partial charge in [-0.1, -0.05) is 0 Å². The van der Waals surface area contributed by atoms with E-state index in [1.807, 2.05) is 0 Å². The Balaban J connectivity index is 2.38. The largest absolute Gasteiger partial charge is 0.453 e. The topological polar surface area (TPSA) is 64.1 Å². The molecule has 0 radical (unpaired) electrons. The summed E-state index contributed by atoms with van der Waals surface area (Å²) in [4.78, 5) is 18.2. The second-order valence-corrected chi connectivity index (χ2v) is 2.05. The number of methoxy groups -OCH3 is 1. The number of aromatic nitrogens is 2. The molecule has 1 aromatic rings. The van der Waals surface area contributed by atoms with Gasteiger partial charge in [-0.15, -0.1) is 0 Å². The van der Waals surface area contributed by atoms with E-state index in [0.29, 0.717) is 6.54 Å². The van der Waals surface area contributed by atoms with Crippen LogP contribution in [0.3, 0.4) is 0 Å². The first kappa shape index (κ1) is 8.45. The summed E-state index contributed by atoms with van der Waals surface area (Å²) >= 11 is 0. The molecule has 0 unspecified atom stereocenters. The Labute approximate surface area is 69.8 Å². The lowest BCUT2D eigenvalue weighted by Crippen LogP contribution is -2.22. The minimum atomic E-state index is -0.464. The molecule has 1 N–H and O–H groups in total. The lowest BCUT2D eigenvalue weighted by molar-refractivity contribution is 0.170. The van der Waals surface area contributed by atoms with E-state index < -0.39 is 6.09 Å². The maximum absolute atomic E-state index is 10.6. The third kappa shape index (κ3) is 2.53. The van der Waals surface area contributed by atoms with Gasteiger partial charge in [0.1, 0.15) is 6.33 Å². The molecule has 0 atom stereocenters. The number of nitrogens with one attached hydrogen (secondary N) is 1. The van der Waals surface area contributed by atoms with Crippen molar-refractivity contribution < 1.29 is 9.53 Å². The molecule has 0 fully saturated rings. The molecule has 1 rings (SSSR count). The molecule has 1 aromatic heterocycles. The molecular weight excluding hydrogens is 158 g/mol. The van der Waals surface area contributed by atoms with Crippen LogP contribution in [0.15, 0.2) is 18.6 Å². The van der Waals surface area contributed by atoms with Crippen molar-refractivity contribution in [3.05, 3.63) is 24.3 Å². The molecule has 5 heteroatoms. The summed E-state index contributed by atoms with van der Waals surface area (Å²) in [7, 11) is 1.31. The maximum atomic E-state index is 10.6. The summed E-state index contributed by atoms with van der Waals surface area (Å²) in [6.45, 7) is 0.356. The maximum Gasteiger partial charge on any atom is 0.407 e. The highest BCUT2D eigenvalue weighted by atomic mass is 16.5. The molecule has 64 valence electrons. The molecule has 0 aromatic carbocycles. The van der Waals surface area contributed by atoms with Gasteiger partial charge in [0, 0.05) is 6.20 Å². The van der Waals surface area contributed by atoms with E-state index in [-0.39, 0.29) is 0 Å². The highest BCUT2D eigenvalue weighted by Gasteiger charge is 1.97. The van der Waals surface area contributed by atoms with E-state index in [4.69, 9.17) is 0 Å². The summed E-state index contributed by atoms with van der Waals surface area (Å²) in [5.74, 6) is 0. The van der Waals surface area contributed by atoms with Crippen LogP contribution in [0.2, 0.25) is 0 Å². The van der Waals surface area contributed by atoms with Gasteiger partial charge in [0.25, 0.3) is 0 Å². The molecule has 0 bridgehead atoms. The van der Waals surface area contributed by atoms with Crippen molar-refractivity contribution in [1.82, 2.24) is 15.3 Å². The van der Waals surface area contributed by atoms with Gasteiger partial charge in [-0.3, -0.25) is 0 Å². The SMILES string of the molecule is COC(=O)NCc1ccncn1. The Kier molecular flexibility index (Phi) is 3.01. The average Bonchev–Trinajstić information content (AvgIpc) is 2.16. The lowest BCUT2D eigenvalue weighted by atomic mass is 10.4. The zero-order valence-electron chi connectivity index (χ0n) is 6.65. The second-order valence-electron chi connectivity index (χ2n) is 2.05. The minimum Gasteiger partial charge on any atom is -0.453 e. The molecule has 0 aliphatic rings. The molecule has 5 nitrogen and oxygen atoms in total. The van der Waals surface area contributed by atoms with Crippen LogP contribution in [-0.2, 0) is 11.3 Å². The van der Waals surface area contributed by atoms with Crippen molar-refractivity contribution >= 4 is 6.09 Å². The quantitative estimate of drug-likeness (QED) is 0.689. The van der Waals surface area contributed by atoms with Crippen molar-refractivity contribution in [1.29, 1.82) is 0 Å². The van der Waals surface area contributed by atoms with Crippen LogP contribution in [0, 0.1) is 0 Å². The molecular formula is C7H9N3O2. The predicted molar refractivity (Wildman–Crippen MR) is 41.3 cm³/mol. The number of hydrogen-bond acceptors (Lipinski definition) is 4. The van der Waals surface area contributed by atoms with E-state index in [1.165, 1.54) is 13.4 Å². The second kappa shape index (κ2) is 4.27. The van der Waals surface area contributed by atoms with Crippen molar-refractivity contribution in [2.45, 2.75) is 6.54 Å². The fraction of sp³-hybridized carbons (Fsp3) is 0.286. The van der Waals surface area contributed by atoms with Crippen LogP contribution < -0.4 is 5.32 Å². The normalized spacial score (nSPS) is 9.08. The van der Waals surface area contributed by atoms with Gasteiger partial charge in [0.15, 0.2) is 0 Å². The van der Waals surface area contributed by atoms with Gasteiger partial charge in [-0.25, -0.2) is 14.8 Å². The number of amides is 1. The highest BCUT2D eigenvalue weighted by Crippen LogP contribution is 1.89. The Bertz CT molecular complexity index is 250. The number of rotatable bonds is 2. The third-order valence-electron chi connectivity index (χ3n) is 1.24. The molecule has 0 spiro atoms. The summed E-state index contributed by atoms with van der Waals surface area (Å²) < 4.78 is 4.38. The van der Waals surface area contributed by atoms with E-state index in [0.717, 1.165) is 5.69 Å². The zero-order valence-corrected chi connectivity index (χ0v) is 6.65. The molecule has 0 aliphatic carbocycles. The van der Waals surface area contributed by atoms with Crippen LogP contribution >= 0.6 is 0 Å². The van der Waals surface area contributed by atoms with Crippen molar-refractivity contribution in [2.24, 2.45) is 0 Å². The first-order chi connectivity index (χ1) is 5.83. The Morgan fingerprint density at radius 2 is 2.58 bits per heavy atom. The third-order valence-corrected chi connectivity index (χ3v) is 1.24.